The van der Waals surface area contributed by atoms with E-state index >= 15 is 0 Å². The lowest BCUT2D eigenvalue weighted by Gasteiger charge is -2.17. The van der Waals surface area contributed by atoms with E-state index in [-0.39, 0.29) is 17.8 Å². The Balaban J connectivity index is 1.42. The zero-order chi connectivity index (χ0) is 15.5. The molecule has 120 valence electrons. The summed E-state index contributed by atoms with van der Waals surface area (Å²) < 4.78 is 19.1. The van der Waals surface area contributed by atoms with E-state index in [4.69, 9.17) is 4.74 Å². The molecule has 0 radical (unpaired) electrons. The van der Waals surface area contributed by atoms with Crippen LogP contribution in [0, 0.1) is 18.7 Å². The number of hydrogen-bond acceptors (Lipinski definition) is 2. The fraction of sp³-hybridized carbons (Fsp3) is 0.611. The standard InChI is InChI=1S/C18H24FNO2/c1-13-10-14(4-6-17(13)19)5-7-18(21)20-9-8-16(11-20)22-12-15-2-3-15/h4,6,10,15-16H,2-3,5,7-9,11-12H2,1H3/t16-/m0/s1. The van der Waals surface area contributed by atoms with Crippen molar-refractivity contribution in [3.8, 4) is 0 Å². The second-order valence-corrected chi connectivity index (χ2v) is 6.61. The minimum Gasteiger partial charge on any atom is -0.376 e. The molecule has 1 aromatic rings. The number of halogens is 1. The van der Waals surface area contributed by atoms with Crippen molar-refractivity contribution in [2.24, 2.45) is 5.92 Å². The number of ether oxygens (including phenoxy) is 1. The van der Waals surface area contributed by atoms with E-state index in [9.17, 15) is 9.18 Å². The quantitative estimate of drug-likeness (QED) is 0.808. The summed E-state index contributed by atoms with van der Waals surface area (Å²) in [6.07, 6.45) is 4.93. The molecule has 0 bridgehead atoms. The highest BCUT2D eigenvalue weighted by Crippen LogP contribution is 2.30. The molecule has 1 amide bonds. The molecule has 0 spiro atoms. The third-order valence-corrected chi connectivity index (χ3v) is 4.61. The van der Waals surface area contributed by atoms with Gasteiger partial charge in [0.15, 0.2) is 0 Å². The Morgan fingerprint density at radius 3 is 2.91 bits per heavy atom. The highest BCUT2D eigenvalue weighted by atomic mass is 19.1. The minimum absolute atomic E-state index is 0.180. The lowest BCUT2D eigenvalue weighted by atomic mass is 10.1. The van der Waals surface area contributed by atoms with Crippen LogP contribution in [-0.2, 0) is 16.0 Å². The number of hydrogen-bond donors (Lipinski definition) is 0. The van der Waals surface area contributed by atoms with E-state index in [1.807, 2.05) is 11.0 Å². The van der Waals surface area contributed by atoms with Gasteiger partial charge in [0.05, 0.1) is 6.10 Å². The van der Waals surface area contributed by atoms with Crippen LogP contribution in [0.25, 0.3) is 0 Å². The van der Waals surface area contributed by atoms with Gasteiger partial charge in [-0.25, -0.2) is 4.39 Å². The smallest absolute Gasteiger partial charge is 0.222 e. The summed E-state index contributed by atoms with van der Waals surface area (Å²) in [5.74, 6) is 0.760. The van der Waals surface area contributed by atoms with Crippen molar-refractivity contribution in [2.75, 3.05) is 19.7 Å². The van der Waals surface area contributed by atoms with Crippen molar-refractivity contribution in [3.05, 3.63) is 35.1 Å². The molecule has 1 aliphatic carbocycles. The zero-order valence-electron chi connectivity index (χ0n) is 13.2. The molecule has 1 aromatic carbocycles. The first-order chi connectivity index (χ1) is 10.6. The first kappa shape index (κ1) is 15.5. The lowest BCUT2D eigenvalue weighted by Crippen LogP contribution is -2.30. The first-order valence-corrected chi connectivity index (χ1v) is 8.26. The highest BCUT2D eigenvalue weighted by molar-refractivity contribution is 5.76. The number of amides is 1. The summed E-state index contributed by atoms with van der Waals surface area (Å²) in [5.41, 5.74) is 1.66. The molecule has 3 rings (SSSR count). The van der Waals surface area contributed by atoms with Gasteiger partial charge >= 0.3 is 0 Å². The van der Waals surface area contributed by atoms with Crippen LogP contribution in [0.5, 0.6) is 0 Å². The Morgan fingerprint density at radius 2 is 2.18 bits per heavy atom. The average Bonchev–Trinajstić information content (AvgIpc) is 3.22. The topological polar surface area (TPSA) is 29.5 Å². The van der Waals surface area contributed by atoms with Crippen molar-refractivity contribution in [1.29, 1.82) is 0 Å². The Morgan fingerprint density at radius 1 is 1.36 bits per heavy atom. The van der Waals surface area contributed by atoms with Crippen molar-refractivity contribution in [2.45, 2.75) is 45.1 Å². The fourth-order valence-corrected chi connectivity index (χ4v) is 2.92. The Hall–Kier alpha value is -1.42. The molecule has 3 nitrogen and oxygen atoms in total. The number of carbonyl (C=O) groups excluding carboxylic acids is 1. The number of carbonyl (C=O) groups is 1. The number of rotatable bonds is 6. The van der Waals surface area contributed by atoms with Gasteiger partial charge in [-0.1, -0.05) is 12.1 Å². The van der Waals surface area contributed by atoms with Crippen LogP contribution >= 0.6 is 0 Å². The van der Waals surface area contributed by atoms with Gasteiger partial charge in [-0.15, -0.1) is 0 Å². The Labute approximate surface area is 131 Å². The van der Waals surface area contributed by atoms with Crippen molar-refractivity contribution >= 4 is 5.91 Å². The van der Waals surface area contributed by atoms with Crippen molar-refractivity contribution < 1.29 is 13.9 Å². The lowest BCUT2D eigenvalue weighted by molar-refractivity contribution is -0.130. The number of benzene rings is 1. The second kappa shape index (κ2) is 6.78. The summed E-state index contributed by atoms with van der Waals surface area (Å²) in [6, 6.07) is 5.07. The number of nitrogens with zero attached hydrogens (tertiary/aromatic N) is 1. The molecule has 2 fully saturated rings. The van der Waals surface area contributed by atoms with Crippen molar-refractivity contribution in [3.63, 3.8) is 0 Å². The van der Waals surface area contributed by atoms with Gasteiger partial charge in [0.25, 0.3) is 0 Å². The monoisotopic (exact) mass is 305 g/mol. The maximum absolute atomic E-state index is 13.2. The number of likely N-dealkylation sites (tertiary alicyclic amines) is 1. The Kier molecular flexibility index (Phi) is 4.77. The predicted octanol–water partition coefficient (Wildman–Crippen LogP) is 3.09. The van der Waals surface area contributed by atoms with Crippen LogP contribution in [0.2, 0.25) is 0 Å². The van der Waals surface area contributed by atoms with Gasteiger partial charge in [-0.2, -0.15) is 0 Å². The van der Waals surface area contributed by atoms with Crippen LogP contribution in [0.1, 0.15) is 36.8 Å². The minimum atomic E-state index is -0.190. The van der Waals surface area contributed by atoms with E-state index in [1.165, 1.54) is 18.9 Å². The maximum atomic E-state index is 13.2. The molecule has 1 atom stereocenters. The van der Waals surface area contributed by atoms with Gasteiger partial charge in [-0.05, 0) is 55.7 Å². The van der Waals surface area contributed by atoms with Crippen LogP contribution in [0.3, 0.4) is 0 Å². The van der Waals surface area contributed by atoms with E-state index in [0.29, 0.717) is 18.4 Å². The molecule has 2 aliphatic rings. The average molecular weight is 305 g/mol. The molecule has 0 aromatic heterocycles. The SMILES string of the molecule is Cc1cc(CCC(=O)N2CC[C@H](OCC3CC3)C2)ccc1F. The molecule has 1 saturated heterocycles. The number of aryl methyl sites for hydroxylation is 2. The summed E-state index contributed by atoms with van der Waals surface area (Å²) in [7, 11) is 0. The van der Waals surface area contributed by atoms with E-state index in [2.05, 4.69) is 0 Å². The molecular weight excluding hydrogens is 281 g/mol. The highest BCUT2D eigenvalue weighted by Gasteiger charge is 2.29. The van der Waals surface area contributed by atoms with Gasteiger partial charge in [0.2, 0.25) is 5.91 Å². The van der Waals surface area contributed by atoms with Gasteiger partial charge in [0.1, 0.15) is 5.82 Å². The van der Waals surface area contributed by atoms with Crippen LogP contribution in [-0.4, -0.2) is 36.6 Å². The third-order valence-electron chi connectivity index (χ3n) is 4.61. The van der Waals surface area contributed by atoms with Crippen LogP contribution in [0.4, 0.5) is 4.39 Å². The molecule has 1 aliphatic heterocycles. The van der Waals surface area contributed by atoms with E-state index in [0.717, 1.165) is 37.6 Å². The van der Waals surface area contributed by atoms with Gasteiger partial charge in [-0.3, -0.25) is 4.79 Å². The summed E-state index contributed by atoms with van der Waals surface area (Å²) in [6.45, 7) is 4.15. The molecule has 22 heavy (non-hydrogen) atoms. The normalized spacial score (nSPS) is 21.4. The van der Waals surface area contributed by atoms with Crippen LogP contribution in [0.15, 0.2) is 18.2 Å². The van der Waals surface area contributed by atoms with E-state index < -0.39 is 0 Å². The summed E-state index contributed by atoms with van der Waals surface area (Å²) >= 11 is 0. The van der Waals surface area contributed by atoms with Crippen LogP contribution < -0.4 is 0 Å². The molecule has 1 heterocycles. The van der Waals surface area contributed by atoms with Gasteiger partial charge in [0, 0.05) is 26.1 Å². The predicted molar refractivity (Wildman–Crippen MR) is 83.1 cm³/mol. The molecular formula is C18H24FNO2. The Bertz CT molecular complexity index is 542. The molecule has 0 unspecified atom stereocenters. The maximum Gasteiger partial charge on any atom is 0.222 e. The molecule has 4 heteroatoms. The summed E-state index contributed by atoms with van der Waals surface area (Å²) in [4.78, 5) is 14.2. The van der Waals surface area contributed by atoms with Gasteiger partial charge < -0.3 is 9.64 Å². The molecule has 1 saturated carbocycles. The fourth-order valence-electron chi connectivity index (χ4n) is 2.92. The second-order valence-electron chi connectivity index (χ2n) is 6.61. The molecule has 0 N–H and O–H groups in total. The summed E-state index contributed by atoms with van der Waals surface area (Å²) in [5, 5.41) is 0. The van der Waals surface area contributed by atoms with Crippen molar-refractivity contribution in [1.82, 2.24) is 4.90 Å². The largest absolute Gasteiger partial charge is 0.376 e. The third kappa shape index (κ3) is 4.07. The van der Waals surface area contributed by atoms with E-state index in [1.54, 1.807) is 13.0 Å². The first-order valence-electron chi connectivity index (χ1n) is 8.26. The zero-order valence-corrected chi connectivity index (χ0v) is 13.2.